The van der Waals surface area contributed by atoms with E-state index in [0.717, 1.165) is 22.0 Å². The number of carboxylic acid groups (broad SMARTS) is 1. The molecule has 1 unspecified atom stereocenters. The van der Waals surface area contributed by atoms with E-state index in [-0.39, 0.29) is 0 Å². The first-order chi connectivity index (χ1) is 6.06. The van der Waals surface area contributed by atoms with Gasteiger partial charge in [-0.2, -0.15) is 0 Å². The molecule has 1 N–H and O–H groups in total. The zero-order valence-electron chi connectivity index (χ0n) is 8.00. The minimum atomic E-state index is -0.783. The zero-order valence-corrected chi connectivity index (χ0v) is 8.81. The number of carboxylic acids is 1. The van der Waals surface area contributed by atoms with Crippen LogP contribution in [0.25, 0.3) is 0 Å². The quantitative estimate of drug-likeness (QED) is 0.811. The third-order valence-corrected chi connectivity index (χ3v) is 3.43. The van der Waals surface area contributed by atoms with Gasteiger partial charge in [0.25, 0.3) is 0 Å². The molecule has 13 heavy (non-hydrogen) atoms. The topological polar surface area (TPSA) is 50.2 Å². The van der Waals surface area contributed by atoms with Gasteiger partial charge in [0.05, 0.1) is 16.6 Å². The van der Waals surface area contributed by atoms with Crippen molar-refractivity contribution in [2.45, 2.75) is 33.1 Å². The van der Waals surface area contributed by atoms with E-state index in [1.165, 1.54) is 11.3 Å². The second-order valence-electron chi connectivity index (χ2n) is 2.97. The van der Waals surface area contributed by atoms with Crippen LogP contribution in [0.15, 0.2) is 0 Å². The Morgan fingerprint density at radius 2 is 2.31 bits per heavy atom. The molecule has 0 spiro atoms. The Morgan fingerprint density at radius 1 is 1.69 bits per heavy atom. The number of nitrogens with zero attached hydrogens (tertiary/aromatic N) is 1. The Morgan fingerprint density at radius 3 is 2.69 bits per heavy atom. The predicted octanol–water partition coefficient (Wildman–Crippen LogP) is 2.20. The average Bonchev–Trinajstić information content (AvgIpc) is 2.45. The summed E-state index contributed by atoms with van der Waals surface area (Å²) in [7, 11) is 0. The lowest BCUT2D eigenvalue weighted by Crippen LogP contribution is -2.06. The highest BCUT2D eigenvalue weighted by Crippen LogP contribution is 2.26. The fourth-order valence-electron chi connectivity index (χ4n) is 1.13. The first kappa shape index (κ1) is 10.2. The first-order valence-electron chi connectivity index (χ1n) is 4.25. The fourth-order valence-corrected chi connectivity index (χ4v) is 2.18. The van der Waals surface area contributed by atoms with Gasteiger partial charge in [-0.3, -0.25) is 4.79 Å². The highest BCUT2D eigenvalue weighted by molar-refractivity contribution is 7.12. The Balaban J connectivity index is 3.00. The van der Waals surface area contributed by atoms with Crippen LogP contribution in [0.4, 0.5) is 0 Å². The number of rotatable bonds is 3. The van der Waals surface area contributed by atoms with Crippen molar-refractivity contribution in [3.05, 3.63) is 15.6 Å². The first-order valence-corrected chi connectivity index (χ1v) is 5.07. The molecule has 4 heteroatoms. The van der Waals surface area contributed by atoms with Gasteiger partial charge >= 0.3 is 5.97 Å². The van der Waals surface area contributed by atoms with Crippen LogP contribution in [0.2, 0.25) is 0 Å². The number of aliphatic carboxylic acids is 1. The number of carbonyl (C=O) groups is 1. The second kappa shape index (κ2) is 3.87. The Hall–Kier alpha value is -0.900. The molecule has 0 aromatic carbocycles. The molecule has 72 valence electrons. The number of aryl methyl sites for hydroxylation is 2. The normalized spacial score (nSPS) is 12.8. The molecule has 0 radical (unpaired) electrons. The van der Waals surface area contributed by atoms with Crippen LogP contribution in [0.1, 0.15) is 35.3 Å². The van der Waals surface area contributed by atoms with Crippen molar-refractivity contribution in [1.29, 1.82) is 0 Å². The molecule has 0 aliphatic carbocycles. The van der Waals surface area contributed by atoms with E-state index in [0.29, 0.717) is 0 Å². The maximum absolute atomic E-state index is 10.7. The lowest BCUT2D eigenvalue weighted by Gasteiger charge is -2.02. The van der Waals surface area contributed by atoms with Crippen LogP contribution in [-0.4, -0.2) is 16.1 Å². The molecule has 3 nitrogen and oxygen atoms in total. The molecule has 0 aliphatic heterocycles. The van der Waals surface area contributed by atoms with Crippen molar-refractivity contribution in [2.75, 3.05) is 0 Å². The van der Waals surface area contributed by atoms with E-state index in [2.05, 4.69) is 4.98 Å². The lowest BCUT2D eigenvalue weighted by molar-refractivity contribution is -0.138. The molecule has 1 aromatic rings. The maximum Gasteiger partial charge on any atom is 0.311 e. The van der Waals surface area contributed by atoms with E-state index in [9.17, 15) is 4.79 Å². The Bertz CT molecular complexity index is 319. The van der Waals surface area contributed by atoms with Crippen molar-refractivity contribution in [2.24, 2.45) is 0 Å². The summed E-state index contributed by atoms with van der Waals surface area (Å²) in [5, 5.41) is 9.84. The van der Waals surface area contributed by atoms with Gasteiger partial charge in [0.15, 0.2) is 0 Å². The summed E-state index contributed by atoms with van der Waals surface area (Å²) in [6.07, 6.45) is 0.873. The molecule has 0 saturated heterocycles. The molecule has 0 saturated carbocycles. The van der Waals surface area contributed by atoms with Crippen LogP contribution in [0, 0.1) is 6.92 Å². The van der Waals surface area contributed by atoms with Gasteiger partial charge in [-0.05, 0) is 20.3 Å². The standard InChI is InChI=1S/C9H13NO2S/c1-4-7-10-6(3)8(13-7)5(2)9(11)12/h5H,4H2,1-3H3,(H,11,12). The van der Waals surface area contributed by atoms with Gasteiger partial charge < -0.3 is 5.11 Å². The van der Waals surface area contributed by atoms with E-state index in [1.807, 2.05) is 13.8 Å². The second-order valence-corrected chi connectivity index (χ2v) is 4.09. The molecule has 1 heterocycles. The smallest absolute Gasteiger partial charge is 0.311 e. The lowest BCUT2D eigenvalue weighted by atomic mass is 10.1. The minimum Gasteiger partial charge on any atom is -0.481 e. The third-order valence-electron chi connectivity index (χ3n) is 1.94. The van der Waals surface area contributed by atoms with Crippen LogP contribution >= 0.6 is 11.3 Å². The van der Waals surface area contributed by atoms with E-state index < -0.39 is 11.9 Å². The SMILES string of the molecule is CCc1nc(C)c(C(C)C(=O)O)s1. The summed E-state index contributed by atoms with van der Waals surface area (Å²) in [6.45, 7) is 5.58. The molecule has 0 fully saturated rings. The van der Waals surface area contributed by atoms with Gasteiger partial charge in [-0.25, -0.2) is 4.98 Å². The van der Waals surface area contributed by atoms with Crippen molar-refractivity contribution in [3.63, 3.8) is 0 Å². The highest BCUT2D eigenvalue weighted by Gasteiger charge is 2.19. The number of hydrogen-bond acceptors (Lipinski definition) is 3. The molecule has 0 amide bonds. The summed E-state index contributed by atoms with van der Waals surface area (Å²) in [5.41, 5.74) is 0.858. The molecule has 1 atom stereocenters. The van der Waals surface area contributed by atoms with Crippen LogP contribution in [-0.2, 0) is 11.2 Å². The van der Waals surface area contributed by atoms with Crippen molar-refractivity contribution >= 4 is 17.3 Å². The Kier molecular flexibility index (Phi) is 3.03. The zero-order chi connectivity index (χ0) is 10.0. The summed E-state index contributed by atoms with van der Waals surface area (Å²) in [5.74, 6) is -1.22. The van der Waals surface area contributed by atoms with E-state index >= 15 is 0 Å². The van der Waals surface area contributed by atoms with Gasteiger partial charge in [-0.1, -0.05) is 6.92 Å². The number of aromatic nitrogens is 1. The third kappa shape index (κ3) is 2.06. The van der Waals surface area contributed by atoms with Gasteiger partial charge in [-0.15, -0.1) is 11.3 Å². The van der Waals surface area contributed by atoms with Crippen LogP contribution in [0.3, 0.4) is 0 Å². The molecule has 0 bridgehead atoms. The fraction of sp³-hybridized carbons (Fsp3) is 0.556. The van der Waals surface area contributed by atoms with Gasteiger partial charge in [0.2, 0.25) is 0 Å². The minimum absolute atomic E-state index is 0.433. The Labute approximate surface area is 81.4 Å². The molecule has 1 rings (SSSR count). The van der Waals surface area contributed by atoms with Crippen LogP contribution in [0.5, 0.6) is 0 Å². The van der Waals surface area contributed by atoms with Crippen molar-refractivity contribution < 1.29 is 9.90 Å². The highest BCUT2D eigenvalue weighted by atomic mass is 32.1. The maximum atomic E-state index is 10.7. The molecular formula is C9H13NO2S. The summed E-state index contributed by atoms with van der Waals surface area (Å²) < 4.78 is 0. The summed E-state index contributed by atoms with van der Waals surface area (Å²) in [6, 6.07) is 0. The monoisotopic (exact) mass is 199 g/mol. The van der Waals surface area contributed by atoms with E-state index in [4.69, 9.17) is 5.11 Å². The van der Waals surface area contributed by atoms with Gasteiger partial charge in [0, 0.05) is 4.88 Å². The number of thiazole rings is 1. The van der Waals surface area contributed by atoms with E-state index in [1.54, 1.807) is 6.92 Å². The van der Waals surface area contributed by atoms with Gasteiger partial charge in [0.1, 0.15) is 0 Å². The van der Waals surface area contributed by atoms with Crippen molar-refractivity contribution in [1.82, 2.24) is 4.98 Å². The number of hydrogen-bond donors (Lipinski definition) is 1. The summed E-state index contributed by atoms with van der Waals surface area (Å²) >= 11 is 1.50. The summed E-state index contributed by atoms with van der Waals surface area (Å²) in [4.78, 5) is 15.9. The molecule has 1 aromatic heterocycles. The molecule has 0 aliphatic rings. The van der Waals surface area contributed by atoms with Crippen LogP contribution < -0.4 is 0 Å². The van der Waals surface area contributed by atoms with Crippen molar-refractivity contribution in [3.8, 4) is 0 Å². The predicted molar refractivity (Wildman–Crippen MR) is 52.3 cm³/mol. The molecular weight excluding hydrogens is 186 g/mol. The largest absolute Gasteiger partial charge is 0.481 e. The average molecular weight is 199 g/mol.